The van der Waals surface area contributed by atoms with E-state index in [1.165, 1.54) is 6.42 Å². The highest BCUT2D eigenvalue weighted by atomic mass is 16.2. The molecule has 1 aromatic carbocycles. The fourth-order valence-electron chi connectivity index (χ4n) is 2.66. The summed E-state index contributed by atoms with van der Waals surface area (Å²) in [5.41, 5.74) is 1.81. The number of piperidine rings is 1. The lowest BCUT2D eigenvalue weighted by molar-refractivity contribution is -0.132. The van der Waals surface area contributed by atoms with Crippen LogP contribution in [0, 0.1) is 11.3 Å². The Bertz CT molecular complexity index is 498. The van der Waals surface area contributed by atoms with Crippen molar-refractivity contribution in [3.8, 4) is 6.07 Å². The van der Waals surface area contributed by atoms with E-state index in [4.69, 9.17) is 5.26 Å². The van der Waals surface area contributed by atoms with Crippen LogP contribution in [-0.2, 0) is 4.79 Å². The minimum atomic E-state index is 0.187. The molecule has 1 heterocycles. The average Bonchev–Trinajstić information content (AvgIpc) is 2.55. The van der Waals surface area contributed by atoms with Crippen molar-refractivity contribution in [2.75, 3.05) is 19.6 Å². The first kappa shape index (κ1) is 15.5. The van der Waals surface area contributed by atoms with Gasteiger partial charge >= 0.3 is 0 Å². The van der Waals surface area contributed by atoms with Gasteiger partial charge in [0, 0.05) is 32.1 Å². The normalized spacial score (nSPS) is 16.3. The highest BCUT2D eigenvalue weighted by Crippen LogP contribution is 2.13. The summed E-state index contributed by atoms with van der Waals surface area (Å²) in [5.74, 6) is 0.259. The molecule has 112 valence electrons. The Morgan fingerprint density at radius 2 is 1.95 bits per heavy atom. The van der Waals surface area contributed by atoms with Crippen molar-refractivity contribution < 1.29 is 4.79 Å². The van der Waals surface area contributed by atoms with E-state index in [9.17, 15) is 4.79 Å². The third kappa shape index (κ3) is 4.57. The Balaban J connectivity index is 1.74. The van der Waals surface area contributed by atoms with Gasteiger partial charge in [-0.2, -0.15) is 5.26 Å². The smallest absolute Gasteiger partial charge is 0.223 e. The number of hydrogen-bond donors (Lipinski definition) is 1. The lowest BCUT2D eigenvalue weighted by Crippen LogP contribution is -2.37. The number of rotatable bonds is 5. The molecular weight excluding hydrogens is 262 g/mol. The van der Waals surface area contributed by atoms with Crippen LogP contribution in [0.2, 0.25) is 0 Å². The summed E-state index contributed by atoms with van der Waals surface area (Å²) < 4.78 is 0. The maximum atomic E-state index is 12.0. The van der Waals surface area contributed by atoms with Crippen molar-refractivity contribution in [3.63, 3.8) is 0 Å². The second-order valence-corrected chi connectivity index (χ2v) is 5.60. The van der Waals surface area contributed by atoms with Crippen molar-refractivity contribution >= 4 is 5.91 Å². The van der Waals surface area contributed by atoms with E-state index in [1.54, 1.807) is 0 Å². The van der Waals surface area contributed by atoms with E-state index < -0.39 is 0 Å². The van der Waals surface area contributed by atoms with Gasteiger partial charge in [0.2, 0.25) is 5.91 Å². The van der Waals surface area contributed by atoms with E-state index in [-0.39, 0.29) is 11.9 Å². The average molecular weight is 285 g/mol. The second kappa shape index (κ2) is 7.80. The Hall–Kier alpha value is -1.86. The van der Waals surface area contributed by atoms with Gasteiger partial charge in [-0.25, -0.2) is 0 Å². The molecule has 0 spiro atoms. The lowest BCUT2D eigenvalue weighted by Gasteiger charge is -2.27. The van der Waals surface area contributed by atoms with Crippen LogP contribution in [0.3, 0.4) is 0 Å². The third-order valence-corrected chi connectivity index (χ3v) is 4.04. The van der Waals surface area contributed by atoms with E-state index in [2.05, 4.69) is 18.3 Å². The molecular formula is C17H23N3O. The van der Waals surface area contributed by atoms with Crippen molar-refractivity contribution in [1.82, 2.24) is 10.2 Å². The Morgan fingerprint density at radius 1 is 1.29 bits per heavy atom. The van der Waals surface area contributed by atoms with Gasteiger partial charge in [0.1, 0.15) is 0 Å². The molecule has 0 saturated carbocycles. The van der Waals surface area contributed by atoms with E-state index in [1.807, 2.05) is 29.2 Å². The predicted octanol–water partition coefficient (Wildman–Crippen LogP) is 2.61. The zero-order valence-corrected chi connectivity index (χ0v) is 12.6. The summed E-state index contributed by atoms with van der Waals surface area (Å²) in [5, 5.41) is 12.2. The number of nitriles is 1. The van der Waals surface area contributed by atoms with Gasteiger partial charge in [0.25, 0.3) is 0 Å². The molecule has 21 heavy (non-hydrogen) atoms. The van der Waals surface area contributed by atoms with E-state index >= 15 is 0 Å². The number of likely N-dealkylation sites (tertiary alicyclic amines) is 1. The number of carbonyl (C=O) groups is 1. The first-order valence-corrected chi connectivity index (χ1v) is 7.72. The first-order chi connectivity index (χ1) is 10.2. The maximum Gasteiger partial charge on any atom is 0.223 e. The molecule has 1 saturated heterocycles. The molecule has 0 radical (unpaired) electrons. The molecule has 1 atom stereocenters. The quantitative estimate of drug-likeness (QED) is 0.904. The van der Waals surface area contributed by atoms with Gasteiger partial charge in [0.05, 0.1) is 11.6 Å². The van der Waals surface area contributed by atoms with Gasteiger partial charge in [-0.15, -0.1) is 0 Å². The summed E-state index contributed by atoms with van der Waals surface area (Å²) in [6, 6.07) is 9.88. The second-order valence-electron chi connectivity index (χ2n) is 5.60. The molecule has 2 rings (SSSR count). The van der Waals surface area contributed by atoms with Gasteiger partial charge in [-0.3, -0.25) is 4.79 Å². The van der Waals surface area contributed by atoms with Crippen LogP contribution in [0.4, 0.5) is 0 Å². The monoisotopic (exact) mass is 285 g/mol. The lowest BCUT2D eigenvalue weighted by atomic mass is 10.1. The van der Waals surface area contributed by atoms with Crippen molar-refractivity contribution in [2.24, 2.45) is 0 Å². The molecule has 1 aliphatic rings. The van der Waals surface area contributed by atoms with Gasteiger partial charge in [-0.05, 0) is 43.9 Å². The molecule has 4 nitrogen and oxygen atoms in total. The van der Waals surface area contributed by atoms with E-state index in [0.29, 0.717) is 18.5 Å². The van der Waals surface area contributed by atoms with Crippen molar-refractivity contribution in [3.05, 3.63) is 35.4 Å². The molecule has 0 aliphatic carbocycles. The van der Waals surface area contributed by atoms with Gasteiger partial charge in [0.15, 0.2) is 0 Å². The van der Waals surface area contributed by atoms with Crippen LogP contribution in [0.5, 0.6) is 0 Å². The molecule has 1 fully saturated rings. The highest BCUT2D eigenvalue weighted by molar-refractivity contribution is 5.76. The number of nitrogens with one attached hydrogen (secondary N) is 1. The summed E-state index contributed by atoms with van der Waals surface area (Å²) >= 11 is 0. The summed E-state index contributed by atoms with van der Waals surface area (Å²) in [6.45, 7) is 4.61. The van der Waals surface area contributed by atoms with Crippen LogP contribution in [0.1, 0.15) is 49.8 Å². The number of amides is 1. The van der Waals surface area contributed by atoms with Crippen LogP contribution < -0.4 is 5.32 Å². The van der Waals surface area contributed by atoms with Crippen LogP contribution in [0.15, 0.2) is 24.3 Å². The molecule has 0 aromatic heterocycles. The molecule has 0 bridgehead atoms. The number of hydrogen-bond acceptors (Lipinski definition) is 3. The molecule has 1 aromatic rings. The van der Waals surface area contributed by atoms with E-state index in [0.717, 1.165) is 31.5 Å². The zero-order chi connectivity index (χ0) is 15.1. The summed E-state index contributed by atoms with van der Waals surface area (Å²) in [4.78, 5) is 14.0. The zero-order valence-electron chi connectivity index (χ0n) is 12.6. The summed E-state index contributed by atoms with van der Waals surface area (Å²) in [6.07, 6.45) is 4.08. The van der Waals surface area contributed by atoms with Crippen LogP contribution in [-0.4, -0.2) is 30.4 Å². The molecule has 1 N–H and O–H groups in total. The standard InChI is InChI=1S/C17H23N3O/c1-14(16-7-5-15(13-18)6-8-16)19-10-9-17(21)20-11-3-2-4-12-20/h5-8,14,19H,2-4,9-12H2,1H3. The maximum absolute atomic E-state index is 12.0. The Kier molecular flexibility index (Phi) is 5.77. The van der Waals surface area contributed by atoms with Crippen molar-refractivity contribution in [2.45, 2.75) is 38.6 Å². The molecule has 1 aliphatic heterocycles. The molecule has 1 unspecified atom stereocenters. The number of benzene rings is 1. The topological polar surface area (TPSA) is 56.1 Å². The number of carbonyl (C=O) groups excluding carboxylic acids is 1. The first-order valence-electron chi connectivity index (χ1n) is 7.72. The van der Waals surface area contributed by atoms with Crippen LogP contribution in [0.25, 0.3) is 0 Å². The fourth-order valence-corrected chi connectivity index (χ4v) is 2.66. The fraction of sp³-hybridized carbons (Fsp3) is 0.529. The van der Waals surface area contributed by atoms with Crippen molar-refractivity contribution in [1.29, 1.82) is 5.26 Å². The Labute approximate surface area is 126 Å². The highest BCUT2D eigenvalue weighted by Gasteiger charge is 2.16. The van der Waals surface area contributed by atoms with Gasteiger partial charge < -0.3 is 10.2 Å². The predicted molar refractivity (Wildman–Crippen MR) is 82.6 cm³/mol. The molecule has 1 amide bonds. The number of nitrogens with zero attached hydrogens (tertiary/aromatic N) is 2. The SMILES string of the molecule is CC(NCCC(=O)N1CCCCC1)c1ccc(C#N)cc1. The van der Waals surface area contributed by atoms with Gasteiger partial charge in [-0.1, -0.05) is 12.1 Å². The molecule has 4 heteroatoms. The third-order valence-electron chi connectivity index (χ3n) is 4.04. The summed E-state index contributed by atoms with van der Waals surface area (Å²) in [7, 11) is 0. The largest absolute Gasteiger partial charge is 0.343 e. The Morgan fingerprint density at radius 3 is 2.57 bits per heavy atom. The van der Waals surface area contributed by atoms with Crippen LogP contribution >= 0.6 is 0 Å². The minimum Gasteiger partial charge on any atom is -0.343 e. The minimum absolute atomic E-state index is 0.187.